The third-order valence-corrected chi connectivity index (χ3v) is 13.4. The van der Waals surface area contributed by atoms with Crippen LogP contribution in [-0.2, 0) is 21.9 Å². The van der Waals surface area contributed by atoms with Crippen molar-refractivity contribution >= 4 is 56.0 Å². The number of rotatable bonds is 11. The van der Waals surface area contributed by atoms with E-state index in [1.165, 1.54) is 37.7 Å². The lowest BCUT2D eigenvalue weighted by atomic mass is 9.88. The number of H-pyrrole nitrogens is 1. The van der Waals surface area contributed by atoms with Crippen LogP contribution in [0.25, 0.3) is 27.8 Å². The molecule has 3 N–H and O–H groups in total. The van der Waals surface area contributed by atoms with Gasteiger partial charge in [0.05, 0.1) is 28.4 Å². The predicted octanol–water partition coefficient (Wildman–Crippen LogP) is 4.80. The Balaban J connectivity index is 0.822. The molecular weight excluding hydrogens is 794 g/mol. The maximum Gasteiger partial charge on any atom is 0.329 e. The molecule has 60 heavy (non-hydrogen) atoms. The number of anilines is 3. The second-order valence-corrected chi connectivity index (χ2v) is 17.9. The van der Waals surface area contributed by atoms with Crippen molar-refractivity contribution in [3.63, 3.8) is 0 Å². The van der Waals surface area contributed by atoms with Crippen LogP contribution in [0.5, 0.6) is 5.75 Å². The van der Waals surface area contributed by atoms with E-state index in [1.54, 1.807) is 17.1 Å². The smallest absolute Gasteiger partial charge is 0.329 e. The second-order valence-electron chi connectivity index (χ2n) is 16.0. The quantitative estimate of drug-likeness (QED) is 0.161. The van der Waals surface area contributed by atoms with Crippen molar-refractivity contribution in [3.05, 3.63) is 66.5 Å². The van der Waals surface area contributed by atoms with Gasteiger partial charge in [0.25, 0.3) is 0 Å². The monoisotopic (exact) mass is 839 g/mol. The molecule has 314 valence electrons. The number of aromatic nitrogens is 8. The number of piperidine rings is 2. The maximum atomic E-state index is 15.6. The first-order valence-electron chi connectivity index (χ1n) is 20.2. The number of aryl methyl sites for hydroxylation is 1. The molecule has 0 bridgehead atoms. The predicted molar refractivity (Wildman–Crippen MR) is 220 cm³/mol. The van der Waals surface area contributed by atoms with Gasteiger partial charge >= 0.3 is 6.03 Å². The summed E-state index contributed by atoms with van der Waals surface area (Å²) in [6, 6.07) is 9.67. The van der Waals surface area contributed by atoms with Crippen LogP contribution >= 0.6 is 0 Å². The summed E-state index contributed by atoms with van der Waals surface area (Å²) in [7, 11) is -2.10. The van der Waals surface area contributed by atoms with E-state index in [-0.39, 0.29) is 40.9 Å². The van der Waals surface area contributed by atoms with E-state index in [4.69, 9.17) is 4.74 Å². The molecule has 2 aromatic carbocycles. The van der Waals surface area contributed by atoms with Gasteiger partial charge in [-0.1, -0.05) is 6.07 Å². The van der Waals surface area contributed by atoms with E-state index in [0.29, 0.717) is 54.0 Å². The summed E-state index contributed by atoms with van der Waals surface area (Å²) in [6.45, 7) is 7.37. The summed E-state index contributed by atoms with van der Waals surface area (Å²) >= 11 is 0. The highest BCUT2D eigenvalue weighted by atomic mass is 32.2. The Morgan fingerprint density at radius 2 is 1.87 bits per heavy atom. The minimum Gasteiger partial charge on any atom is -0.485 e. The highest BCUT2D eigenvalue weighted by Gasteiger charge is 2.33. The Bertz CT molecular complexity index is 2690. The zero-order chi connectivity index (χ0) is 41.7. The number of carbonyl (C=O) groups excluding carboxylic acids is 2. The van der Waals surface area contributed by atoms with E-state index in [2.05, 4.69) is 58.0 Å². The lowest BCUT2D eigenvalue weighted by Crippen LogP contribution is -2.49. The molecule has 3 aliphatic rings. The number of hydrogen-bond acceptors (Lipinski definition) is 12. The molecule has 9 rings (SSSR count). The van der Waals surface area contributed by atoms with Crippen molar-refractivity contribution in [2.75, 3.05) is 49.5 Å². The van der Waals surface area contributed by atoms with Crippen LogP contribution in [0, 0.1) is 11.7 Å². The minimum atomic E-state index is -3.96. The van der Waals surface area contributed by atoms with Gasteiger partial charge in [-0.15, -0.1) is 5.10 Å². The number of fused-ring (bicyclic) bond motifs is 2. The second kappa shape index (κ2) is 15.9. The zero-order valence-corrected chi connectivity index (χ0v) is 34.3. The third kappa shape index (κ3) is 7.65. The van der Waals surface area contributed by atoms with Gasteiger partial charge in [0.2, 0.25) is 27.5 Å². The Kier molecular flexibility index (Phi) is 10.4. The molecule has 1 atom stereocenters. The number of amides is 3. The standard InChI is InChI=1S/C40H46FN13O5S/c1-24(2)59-36-35(28-19-43-44-20-28)42-23-54-38(36)47-39(49-54)45-32-9-7-29(18-31(32)41)60(57,58)52-13-4-5-25(22-52)21-51-14-10-26(11-15-51)27-6-8-30-33(17-27)50(3)48-37(30)53-16-12-34(55)46-40(53)56/h6-9,17-20,23-26H,4-5,10-16,21-22H2,1-3H3,(H,43,44)(H,45,49)(H,46,55,56)/t25-/m1/s1. The molecule has 0 spiro atoms. The number of nitrogens with zero attached hydrogens (tertiary/aromatic N) is 10. The van der Waals surface area contributed by atoms with Crippen molar-refractivity contribution in [2.45, 2.75) is 62.9 Å². The zero-order valence-electron chi connectivity index (χ0n) is 33.5. The molecule has 6 aromatic rings. The van der Waals surface area contributed by atoms with Gasteiger partial charge in [-0.05, 0) is 100 Å². The first-order valence-corrected chi connectivity index (χ1v) is 21.6. The van der Waals surface area contributed by atoms with Gasteiger partial charge in [-0.3, -0.25) is 24.8 Å². The van der Waals surface area contributed by atoms with Crippen LogP contribution in [0.3, 0.4) is 0 Å². The highest BCUT2D eigenvalue weighted by Crippen LogP contribution is 2.36. The molecule has 0 saturated carbocycles. The fourth-order valence-electron chi connectivity index (χ4n) is 8.53. The summed E-state index contributed by atoms with van der Waals surface area (Å²) in [4.78, 5) is 37.1. The molecule has 3 aliphatic heterocycles. The summed E-state index contributed by atoms with van der Waals surface area (Å²) in [6.07, 6.45) is 8.40. The number of likely N-dealkylation sites (tertiary alicyclic amines) is 1. The SMILES string of the molecule is CC(C)Oc1c(-c2cn[nH]c2)ncn2nc(Nc3ccc(S(=O)(=O)N4CCC[C@H](CN5CCC(c6ccc7c(N8CCC(=O)NC8=O)nn(C)c7c6)CC5)C4)cc3F)nc12. The molecule has 3 fully saturated rings. The van der Waals surface area contributed by atoms with Crippen LogP contribution < -0.4 is 20.3 Å². The Labute approximate surface area is 345 Å². The van der Waals surface area contributed by atoms with Gasteiger partial charge in [-0.2, -0.15) is 24.0 Å². The third-order valence-electron chi connectivity index (χ3n) is 11.5. The first-order chi connectivity index (χ1) is 28.9. The normalized spacial score (nSPS) is 18.8. The van der Waals surface area contributed by atoms with Crippen LogP contribution in [-0.4, -0.2) is 114 Å². The molecule has 18 nitrogen and oxygen atoms in total. The summed E-state index contributed by atoms with van der Waals surface area (Å²) in [5, 5.41) is 21.9. The summed E-state index contributed by atoms with van der Waals surface area (Å²) in [5.74, 6) is 0.491. The number of carbonyl (C=O) groups is 2. The lowest BCUT2D eigenvalue weighted by Gasteiger charge is -2.38. The minimum absolute atomic E-state index is 0.0225. The van der Waals surface area contributed by atoms with Gasteiger partial charge in [0.1, 0.15) is 17.8 Å². The number of nitrogens with one attached hydrogen (secondary N) is 3. The van der Waals surface area contributed by atoms with Crippen molar-refractivity contribution in [2.24, 2.45) is 13.0 Å². The Hall–Kier alpha value is -5.99. The van der Waals surface area contributed by atoms with E-state index in [0.717, 1.165) is 62.3 Å². The van der Waals surface area contributed by atoms with E-state index in [1.807, 2.05) is 27.0 Å². The van der Waals surface area contributed by atoms with Gasteiger partial charge in [-0.25, -0.2) is 22.6 Å². The van der Waals surface area contributed by atoms with Crippen LogP contribution in [0.15, 0.2) is 60.0 Å². The maximum absolute atomic E-state index is 15.6. The van der Waals surface area contributed by atoms with E-state index < -0.39 is 21.9 Å². The molecule has 0 unspecified atom stereocenters. The van der Waals surface area contributed by atoms with E-state index >= 15 is 4.39 Å². The largest absolute Gasteiger partial charge is 0.485 e. The molecule has 20 heteroatoms. The van der Waals surface area contributed by atoms with Crippen molar-refractivity contribution in [3.8, 4) is 17.0 Å². The van der Waals surface area contributed by atoms with Crippen molar-refractivity contribution < 1.29 is 27.1 Å². The fraction of sp³-hybridized carbons (Fsp3) is 0.425. The van der Waals surface area contributed by atoms with Crippen LogP contribution in [0.2, 0.25) is 0 Å². The highest BCUT2D eigenvalue weighted by molar-refractivity contribution is 7.89. The average molecular weight is 840 g/mol. The molecular formula is C40H46FN13O5S. The van der Waals surface area contributed by atoms with Crippen molar-refractivity contribution in [1.82, 2.24) is 54.1 Å². The molecule has 0 radical (unpaired) electrons. The average Bonchev–Trinajstić information content (AvgIpc) is 3.99. The number of aromatic amines is 1. The number of imide groups is 1. The molecule has 3 saturated heterocycles. The number of sulfonamides is 1. The van der Waals surface area contributed by atoms with Gasteiger partial charge in [0.15, 0.2) is 11.6 Å². The molecule has 7 heterocycles. The van der Waals surface area contributed by atoms with Crippen LogP contribution in [0.4, 0.5) is 26.6 Å². The fourth-order valence-corrected chi connectivity index (χ4v) is 10.1. The van der Waals surface area contributed by atoms with Crippen molar-refractivity contribution in [1.29, 1.82) is 0 Å². The number of urea groups is 1. The topological polar surface area (TPSA) is 201 Å². The molecule has 0 aliphatic carbocycles. The summed E-state index contributed by atoms with van der Waals surface area (Å²) < 4.78 is 54.2. The molecule has 4 aromatic heterocycles. The number of benzene rings is 2. The Morgan fingerprint density at radius 1 is 1.03 bits per heavy atom. The number of ether oxygens (including phenoxy) is 1. The Morgan fingerprint density at radius 3 is 2.62 bits per heavy atom. The van der Waals surface area contributed by atoms with Gasteiger partial charge in [0, 0.05) is 56.8 Å². The van der Waals surface area contributed by atoms with Gasteiger partial charge < -0.3 is 15.0 Å². The lowest BCUT2D eigenvalue weighted by molar-refractivity contribution is -0.120. The number of hydrogen-bond donors (Lipinski definition) is 3. The molecule has 3 amide bonds. The summed E-state index contributed by atoms with van der Waals surface area (Å²) in [5.41, 5.74) is 3.76. The number of halogens is 1. The van der Waals surface area contributed by atoms with E-state index in [9.17, 15) is 18.0 Å². The first kappa shape index (κ1) is 39.5. The van der Waals surface area contributed by atoms with Crippen LogP contribution in [0.1, 0.15) is 57.4 Å².